The zero-order valence-corrected chi connectivity index (χ0v) is 9.46. The number of hydrogen-bond acceptors (Lipinski definition) is 3. The van der Waals surface area contributed by atoms with Crippen LogP contribution in [0.4, 0.5) is 11.5 Å². The molecule has 1 aromatic heterocycles. The van der Waals surface area contributed by atoms with Gasteiger partial charge in [-0.05, 0) is 12.5 Å². The largest absolute Gasteiger partial charge is 0.362 e. The Balaban J connectivity index is 2.10. The van der Waals surface area contributed by atoms with Crippen LogP contribution in [-0.4, -0.2) is 9.97 Å². The highest BCUT2D eigenvalue weighted by molar-refractivity contribution is 5.47. The van der Waals surface area contributed by atoms with Crippen LogP contribution in [0.25, 0.3) is 4.85 Å². The first kappa shape index (κ1) is 11.1. The predicted molar refractivity (Wildman–Crippen MR) is 66.8 cm³/mol. The molecule has 0 saturated carbocycles. The molecule has 0 aliphatic heterocycles. The van der Waals surface area contributed by atoms with Crippen LogP contribution in [0.3, 0.4) is 0 Å². The topological polar surface area (TPSA) is 42.2 Å². The molecule has 2 aromatic rings. The van der Waals surface area contributed by atoms with Crippen LogP contribution in [0.2, 0.25) is 0 Å². The fraction of sp³-hybridized carbons (Fsp3) is 0.154. The van der Waals surface area contributed by atoms with Gasteiger partial charge in [-0.15, -0.1) is 0 Å². The van der Waals surface area contributed by atoms with Gasteiger partial charge < -0.3 is 5.32 Å². The number of nitrogens with zero attached hydrogens (tertiary/aromatic N) is 3. The Morgan fingerprint density at radius 1 is 1.24 bits per heavy atom. The summed E-state index contributed by atoms with van der Waals surface area (Å²) in [5, 5.41) is 3.24. The van der Waals surface area contributed by atoms with Gasteiger partial charge in [0.25, 0.3) is 0 Å². The zero-order chi connectivity index (χ0) is 12.1. The average molecular weight is 224 g/mol. The van der Waals surface area contributed by atoms with Crippen molar-refractivity contribution in [3.8, 4) is 0 Å². The van der Waals surface area contributed by atoms with E-state index >= 15 is 0 Å². The molecule has 1 aromatic carbocycles. The predicted octanol–water partition coefficient (Wildman–Crippen LogP) is 3.20. The molecule has 84 valence electrons. The molecule has 0 radical (unpaired) electrons. The Hall–Kier alpha value is -2.41. The van der Waals surface area contributed by atoms with E-state index in [4.69, 9.17) is 6.57 Å². The number of hydrogen-bond donors (Lipinski definition) is 1. The van der Waals surface area contributed by atoms with Crippen molar-refractivity contribution in [3.63, 3.8) is 0 Å². The van der Waals surface area contributed by atoms with Crippen LogP contribution < -0.4 is 5.32 Å². The van der Waals surface area contributed by atoms with Crippen LogP contribution in [0, 0.1) is 6.57 Å². The van der Waals surface area contributed by atoms with Gasteiger partial charge in [-0.1, -0.05) is 24.3 Å². The van der Waals surface area contributed by atoms with Crippen molar-refractivity contribution >= 4 is 11.5 Å². The minimum Gasteiger partial charge on any atom is -0.362 e. The van der Waals surface area contributed by atoms with Crippen LogP contribution in [0.5, 0.6) is 0 Å². The van der Waals surface area contributed by atoms with Crippen molar-refractivity contribution in [1.29, 1.82) is 0 Å². The Bertz CT molecular complexity index is 513. The van der Waals surface area contributed by atoms with Crippen LogP contribution in [-0.2, 0) is 0 Å². The lowest BCUT2D eigenvalue weighted by atomic mass is 10.1. The lowest BCUT2D eigenvalue weighted by molar-refractivity contribution is 0.872. The lowest BCUT2D eigenvalue weighted by Crippen LogP contribution is -2.07. The van der Waals surface area contributed by atoms with Crippen LogP contribution in [0.1, 0.15) is 18.5 Å². The van der Waals surface area contributed by atoms with Gasteiger partial charge in [0.15, 0.2) is 5.69 Å². The summed E-state index contributed by atoms with van der Waals surface area (Å²) in [4.78, 5) is 11.5. The first-order chi connectivity index (χ1) is 8.29. The van der Waals surface area contributed by atoms with Gasteiger partial charge in [0.1, 0.15) is 5.82 Å². The van der Waals surface area contributed by atoms with Gasteiger partial charge in [0.2, 0.25) is 0 Å². The van der Waals surface area contributed by atoms with Gasteiger partial charge in [-0.3, -0.25) is 4.98 Å². The molecule has 0 bridgehead atoms. The minimum absolute atomic E-state index is 0.131. The summed E-state index contributed by atoms with van der Waals surface area (Å²) in [6, 6.07) is 7.66. The van der Waals surface area contributed by atoms with E-state index in [1.54, 1.807) is 18.6 Å². The smallest absolute Gasteiger partial charge is 0.187 e. The van der Waals surface area contributed by atoms with E-state index in [1.165, 1.54) is 0 Å². The third-order valence-electron chi connectivity index (χ3n) is 2.45. The first-order valence-corrected chi connectivity index (χ1v) is 5.29. The monoisotopic (exact) mass is 224 g/mol. The van der Waals surface area contributed by atoms with E-state index in [1.807, 2.05) is 31.2 Å². The molecular formula is C13H12N4. The molecule has 0 spiro atoms. The number of rotatable bonds is 3. The lowest BCUT2D eigenvalue weighted by Gasteiger charge is -2.14. The number of anilines is 1. The van der Waals surface area contributed by atoms with Crippen molar-refractivity contribution in [3.05, 3.63) is 59.8 Å². The minimum atomic E-state index is 0.131. The SMILES string of the molecule is [C-]#[N+]c1ccc([C@@H](C)Nc2cnccn2)cc1. The van der Waals surface area contributed by atoms with Crippen LogP contribution in [0.15, 0.2) is 42.9 Å². The van der Waals surface area contributed by atoms with Gasteiger partial charge in [-0.2, -0.15) is 0 Å². The molecule has 1 atom stereocenters. The zero-order valence-electron chi connectivity index (χ0n) is 9.46. The van der Waals surface area contributed by atoms with Crippen molar-refractivity contribution < 1.29 is 0 Å². The van der Waals surface area contributed by atoms with E-state index in [2.05, 4.69) is 20.1 Å². The third-order valence-corrected chi connectivity index (χ3v) is 2.45. The number of benzene rings is 1. The normalized spacial score (nSPS) is 11.5. The molecule has 0 aliphatic rings. The van der Waals surface area contributed by atoms with E-state index < -0.39 is 0 Å². The summed E-state index contributed by atoms with van der Waals surface area (Å²) in [5.74, 6) is 0.745. The molecule has 4 nitrogen and oxygen atoms in total. The maximum absolute atomic E-state index is 6.89. The fourth-order valence-corrected chi connectivity index (χ4v) is 1.52. The molecular weight excluding hydrogens is 212 g/mol. The molecule has 1 N–H and O–H groups in total. The Labute approximate surface area is 100 Å². The molecule has 0 aliphatic carbocycles. The standard InChI is InChI=1S/C13H12N4/c1-10(17-13-9-15-7-8-16-13)11-3-5-12(14-2)6-4-11/h3-10H,1H3,(H,16,17)/t10-/m1/s1. The summed E-state index contributed by atoms with van der Waals surface area (Å²) in [7, 11) is 0. The van der Waals surface area contributed by atoms with Gasteiger partial charge in [-0.25, -0.2) is 9.83 Å². The van der Waals surface area contributed by atoms with E-state index in [9.17, 15) is 0 Å². The van der Waals surface area contributed by atoms with Crippen molar-refractivity contribution in [2.45, 2.75) is 13.0 Å². The highest BCUT2D eigenvalue weighted by Crippen LogP contribution is 2.20. The summed E-state index contributed by atoms with van der Waals surface area (Å²) < 4.78 is 0. The van der Waals surface area contributed by atoms with E-state index in [0.717, 1.165) is 11.4 Å². The van der Waals surface area contributed by atoms with Gasteiger partial charge in [0.05, 0.1) is 12.8 Å². The summed E-state index contributed by atoms with van der Waals surface area (Å²) in [5.41, 5.74) is 1.77. The van der Waals surface area contributed by atoms with Gasteiger partial charge >= 0.3 is 0 Å². The highest BCUT2D eigenvalue weighted by atomic mass is 15.0. The molecule has 0 saturated heterocycles. The quantitative estimate of drug-likeness (QED) is 0.814. The maximum Gasteiger partial charge on any atom is 0.187 e. The second kappa shape index (κ2) is 5.08. The molecule has 4 heteroatoms. The number of aromatic nitrogens is 2. The average Bonchev–Trinajstić information content (AvgIpc) is 2.40. The number of nitrogens with one attached hydrogen (secondary N) is 1. The second-order valence-electron chi connectivity index (χ2n) is 3.66. The van der Waals surface area contributed by atoms with Crippen LogP contribution >= 0.6 is 0 Å². The third kappa shape index (κ3) is 2.79. The van der Waals surface area contributed by atoms with E-state index in [0.29, 0.717) is 5.69 Å². The summed E-state index contributed by atoms with van der Waals surface area (Å²) >= 11 is 0. The molecule has 2 rings (SSSR count). The Morgan fingerprint density at radius 2 is 2.00 bits per heavy atom. The molecule has 1 heterocycles. The second-order valence-corrected chi connectivity index (χ2v) is 3.66. The summed E-state index contributed by atoms with van der Waals surface area (Å²) in [6.45, 7) is 8.94. The Morgan fingerprint density at radius 3 is 2.59 bits per heavy atom. The molecule has 0 fully saturated rings. The van der Waals surface area contributed by atoms with E-state index in [-0.39, 0.29) is 6.04 Å². The molecule has 0 amide bonds. The van der Waals surface area contributed by atoms with Crippen molar-refractivity contribution in [2.75, 3.05) is 5.32 Å². The fourth-order valence-electron chi connectivity index (χ4n) is 1.52. The highest BCUT2D eigenvalue weighted by Gasteiger charge is 2.05. The maximum atomic E-state index is 6.89. The first-order valence-electron chi connectivity index (χ1n) is 5.29. The Kier molecular flexibility index (Phi) is 3.31. The van der Waals surface area contributed by atoms with Crippen molar-refractivity contribution in [1.82, 2.24) is 9.97 Å². The molecule has 0 unspecified atom stereocenters. The van der Waals surface area contributed by atoms with Gasteiger partial charge in [0, 0.05) is 18.4 Å². The van der Waals surface area contributed by atoms with Crippen molar-refractivity contribution in [2.24, 2.45) is 0 Å². The molecule has 17 heavy (non-hydrogen) atoms. The summed E-state index contributed by atoms with van der Waals surface area (Å²) in [6.07, 6.45) is 4.97.